The highest BCUT2D eigenvalue weighted by Crippen LogP contribution is 2.43. The average Bonchev–Trinajstić information content (AvgIpc) is 3.80. The van der Waals surface area contributed by atoms with Gasteiger partial charge in [0.2, 0.25) is 11.8 Å². The van der Waals surface area contributed by atoms with E-state index in [0.29, 0.717) is 30.3 Å². The number of aromatic nitrogens is 3. The van der Waals surface area contributed by atoms with Crippen LogP contribution in [0.3, 0.4) is 0 Å². The van der Waals surface area contributed by atoms with Crippen molar-refractivity contribution in [3.05, 3.63) is 119 Å². The van der Waals surface area contributed by atoms with E-state index in [9.17, 15) is 24.6 Å². The van der Waals surface area contributed by atoms with Crippen molar-refractivity contribution in [1.29, 1.82) is 0 Å². The Bertz CT molecular complexity index is 2050. The number of hydrogen-bond acceptors (Lipinski definition) is 9. The lowest BCUT2D eigenvalue weighted by atomic mass is 9.79. The standard InChI is InChI=1S/C41H42N4O8/c1-26-22-44(38-37(26)39(43-25-42-38)45-34(47)19-10-28(40(45)50)11-21-36(48)49)35-20-18-33(53-35)24-52-41(29-6-4-3-5-7-29,30-12-8-27(23-46)9-13-30)31-14-16-32(51-2)17-15-31/h3-9,12-17,22,25,28,33,35,46H,10-11,18-21,23-24H2,1-2H3,(H,48,49)/t28?,33-,35+,41?/m0/s1. The highest BCUT2D eigenvalue weighted by atomic mass is 16.6. The number of carboxylic acids is 1. The van der Waals surface area contributed by atoms with Crippen LogP contribution in [-0.4, -0.2) is 62.4 Å². The number of carbonyl (C=O) groups excluding carboxylic acids is 2. The zero-order chi connectivity index (χ0) is 37.1. The van der Waals surface area contributed by atoms with Gasteiger partial charge in [-0.3, -0.25) is 14.4 Å². The number of carbonyl (C=O) groups is 3. The molecule has 2 aliphatic rings. The summed E-state index contributed by atoms with van der Waals surface area (Å²) in [7, 11) is 1.63. The number of methoxy groups -OCH3 is 1. The smallest absolute Gasteiger partial charge is 0.303 e. The average molecular weight is 719 g/mol. The summed E-state index contributed by atoms with van der Waals surface area (Å²) >= 11 is 0. The number of imide groups is 1. The lowest BCUT2D eigenvalue weighted by Crippen LogP contribution is -2.46. The van der Waals surface area contributed by atoms with Gasteiger partial charge in [-0.1, -0.05) is 66.7 Å². The largest absolute Gasteiger partial charge is 0.497 e. The zero-order valence-electron chi connectivity index (χ0n) is 29.7. The van der Waals surface area contributed by atoms with Gasteiger partial charge in [0.05, 0.1) is 31.8 Å². The Morgan fingerprint density at radius 3 is 2.32 bits per heavy atom. The van der Waals surface area contributed by atoms with E-state index in [1.165, 1.54) is 6.33 Å². The second-order valence-electron chi connectivity index (χ2n) is 13.6. The first-order valence-electron chi connectivity index (χ1n) is 17.8. The SMILES string of the molecule is COc1ccc(C(OC[C@@H]2CC[C@H](n3cc(C)c4c(N5C(=O)CCC(CCC(=O)O)C5=O)ncnc43)O2)(c2ccccc2)c2ccc(CO)cc2)cc1. The number of fused-ring (bicyclic) bond motifs is 1. The second-order valence-corrected chi connectivity index (χ2v) is 13.6. The van der Waals surface area contributed by atoms with Gasteiger partial charge in [0.15, 0.2) is 5.82 Å². The van der Waals surface area contributed by atoms with E-state index in [4.69, 9.17) is 14.2 Å². The summed E-state index contributed by atoms with van der Waals surface area (Å²) in [5.74, 6) is -1.44. The Hall–Kier alpha value is -5.43. The maximum Gasteiger partial charge on any atom is 0.303 e. The lowest BCUT2D eigenvalue weighted by Gasteiger charge is -2.37. The van der Waals surface area contributed by atoms with Gasteiger partial charge < -0.3 is 29.0 Å². The number of benzene rings is 3. The van der Waals surface area contributed by atoms with Crippen LogP contribution in [0, 0.1) is 12.8 Å². The van der Waals surface area contributed by atoms with Crippen LogP contribution in [0.2, 0.25) is 0 Å². The molecule has 2 saturated heterocycles. The molecule has 12 nitrogen and oxygen atoms in total. The predicted molar refractivity (Wildman–Crippen MR) is 195 cm³/mol. The topological polar surface area (TPSA) is 153 Å². The normalized spacial score (nSPS) is 20.1. The maximum absolute atomic E-state index is 13.5. The minimum atomic E-state index is -1.02. The van der Waals surface area contributed by atoms with Crippen LogP contribution in [0.5, 0.6) is 5.75 Å². The highest BCUT2D eigenvalue weighted by molar-refractivity contribution is 6.20. The molecular weight excluding hydrogens is 676 g/mol. The summed E-state index contributed by atoms with van der Waals surface area (Å²) in [4.78, 5) is 48.0. The molecule has 3 aromatic carbocycles. The molecule has 7 rings (SSSR count). The first-order valence-corrected chi connectivity index (χ1v) is 17.8. The highest BCUT2D eigenvalue weighted by Gasteiger charge is 2.41. The number of anilines is 1. The third-order valence-corrected chi connectivity index (χ3v) is 10.3. The van der Waals surface area contributed by atoms with E-state index < -0.39 is 29.6 Å². The number of rotatable bonds is 13. The third kappa shape index (κ3) is 6.93. The van der Waals surface area contributed by atoms with E-state index in [2.05, 4.69) is 9.97 Å². The van der Waals surface area contributed by atoms with Crippen LogP contribution in [0.1, 0.15) is 72.6 Å². The number of hydrogen-bond donors (Lipinski definition) is 2. The monoisotopic (exact) mass is 718 g/mol. The number of amides is 2. The molecule has 4 atom stereocenters. The van der Waals surface area contributed by atoms with Gasteiger partial charge >= 0.3 is 5.97 Å². The Morgan fingerprint density at radius 1 is 0.943 bits per heavy atom. The fourth-order valence-electron chi connectivity index (χ4n) is 7.59. The van der Waals surface area contributed by atoms with Gasteiger partial charge in [-0.15, -0.1) is 0 Å². The van der Waals surface area contributed by atoms with Crippen molar-refractivity contribution in [1.82, 2.24) is 14.5 Å². The number of ether oxygens (including phenoxy) is 3. The summed E-state index contributed by atoms with van der Waals surface area (Å²) < 4.78 is 21.1. The van der Waals surface area contributed by atoms with Crippen molar-refractivity contribution >= 4 is 34.6 Å². The molecule has 0 spiro atoms. The summed E-state index contributed by atoms with van der Waals surface area (Å²) in [5, 5.41) is 19.5. The van der Waals surface area contributed by atoms with Crippen LogP contribution in [0.25, 0.3) is 11.0 Å². The van der Waals surface area contributed by atoms with Crippen molar-refractivity contribution in [2.75, 3.05) is 18.6 Å². The Labute approximate surface area is 307 Å². The van der Waals surface area contributed by atoms with Gasteiger partial charge in [0, 0.05) is 25.0 Å². The molecule has 0 saturated carbocycles. The molecule has 0 bridgehead atoms. The van der Waals surface area contributed by atoms with E-state index in [1.54, 1.807) is 7.11 Å². The summed E-state index contributed by atoms with van der Waals surface area (Å²) in [5.41, 5.74) is 3.81. The van der Waals surface area contributed by atoms with Gasteiger partial charge in [-0.05, 0) is 72.6 Å². The molecule has 12 heteroatoms. The number of nitrogens with zero attached hydrogens (tertiary/aromatic N) is 4. The molecule has 274 valence electrons. The second kappa shape index (κ2) is 15.3. The number of aryl methyl sites for hydroxylation is 1. The van der Waals surface area contributed by atoms with Crippen molar-refractivity contribution in [2.45, 2.75) is 70.0 Å². The van der Waals surface area contributed by atoms with Crippen LogP contribution in [0.15, 0.2) is 91.4 Å². The molecule has 5 aromatic rings. The third-order valence-electron chi connectivity index (χ3n) is 10.3. The minimum Gasteiger partial charge on any atom is -0.497 e. The number of carboxylic acid groups (broad SMARTS) is 1. The van der Waals surface area contributed by atoms with Crippen LogP contribution in [-0.2, 0) is 36.1 Å². The van der Waals surface area contributed by atoms with Crippen molar-refractivity contribution in [3.63, 3.8) is 0 Å². The lowest BCUT2D eigenvalue weighted by molar-refractivity contribution is -0.137. The van der Waals surface area contributed by atoms with Crippen molar-refractivity contribution in [3.8, 4) is 5.75 Å². The van der Waals surface area contributed by atoms with Gasteiger partial charge in [0.25, 0.3) is 0 Å². The summed E-state index contributed by atoms with van der Waals surface area (Å²) in [6, 6.07) is 25.6. The Kier molecular flexibility index (Phi) is 10.4. The first kappa shape index (κ1) is 36.0. The molecule has 2 aliphatic heterocycles. The zero-order valence-corrected chi connectivity index (χ0v) is 29.7. The van der Waals surface area contributed by atoms with Gasteiger partial charge in [-0.2, -0.15) is 0 Å². The molecule has 2 unspecified atom stereocenters. The van der Waals surface area contributed by atoms with Crippen LogP contribution in [0.4, 0.5) is 5.82 Å². The maximum atomic E-state index is 13.5. The molecule has 4 heterocycles. The molecule has 2 aromatic heterocycles. The number of piperidine rings is 1. The molecule has 2 fully saturated rings. The summed E-state index contributed by atoms with van der Waals surface area (Å²) in [6.45, 7) is 2.07. The van der Waals surface area contributed by atoms with Gasteiger partial charge in [0.1, 0.15) is 29.6 Å². The quantitative estimate of drug-likeness (QED) is 0.109. The Balaban J connectivity index is 1.17. The van der Waals surface area contributed by atoms with Gasteiger partial charge in [-0.25, -0.2) is 14.9 Å². The first-order chi connectivity index (χ1) is 25.7. The summed E-state index contributed by atoms with van der Waals surface area (Å²) in [6.07, 6.45) is 4.39. The van der Waals surface area contributed by atoms with E-state index >= 15 is 0 Å². The van der Waals surface area contributed by atoms with Crippen LogP contribution >= 0.6 is 0 Å². The predicted octanol–water partition coefficient (Wildman–Crippen LogP) is 6.06. The number of aliphatic hydroxyl groups excluding tert-OH is 1. The fraction of sp³-hybridized carbons (Fsp3) is 0.341. The fourth-order valence-corrected chi connectivity index (χ4v) is 7.59. The number of aliphatic hydroxyl groups is 1. The van der Waals surface area contributed by atoms with E-state index in [0.717, 1.165) is 38.5 Å². The molecular formula is C41H42N4O8. The van der Waals surface area contributed by atoms with E-state index in [-0.39, 0.29) is 50.3 Å². The van der Waals surface area contributed by atoms with Crippen molar-refractivity contribution < 1.29 is 38.8 Å². The Morgan fingerprint density at radius 2 is 1.64 bits per heavy atom. The molecule has 2 amide bonds. The van der Waals surface area contributed by atoms with Crippen LogP contribution < -0.4 is 9.64 Å². The van der Waals surface area contributed by atoms with E-state index in [1.807, 2.05) is 96.6 Å². The molecule has 2 N–H and O–H groups in total. The minimum absolute atomic E-state index is 0.0722. The number of aliphatic carboxylic acids is 1. The molecule has 0 aliphatic carbocycles. The van der Waals surface area contributed by atoms with Crippen molar-refractivity contribution in [2.24, 2.45) is 5.92 Å². The molecule has 0 radical (unpaired) electrons. The molecule has 53 heavy (non-hydrogen) atoms.